The number of likely N-dealkylation sites (tertiary alicyclic amines) is 2. The van der Waals surface area contributed by atoms with Crippen LogP contribution in [0.5, 0.6) is 0 Å². The molecule has 0 aromatic rings. The third-order valence-electron chi connectivity index (χ3n) is 17.3. The van der Waals surface area contributed by atoms with E-state index in [0.29, 0.717) is 58.4 Å². The summed E-state index contributed by atoms with van der Waals surface area (Å²) < 4.78 is 30.0. The predicted octanol–water partition coefficient (Wildman–Crippen LogP) is 5.34. The molecule has 334 valence electrons. The first kappa shape index (κ1) is 44.9. The van der Waals surface area contributed by atoms with Crippen LogP contribution in [-0.4, -0.2) is 103 Å². The van der Waals surface area contributed by atoms with Gasteiger partial charge in [-0.3, -0.25) is 28.8 Å². The van der Waals surface area contributed by atoms with Crippen LogP contribution < -0.4 is 10.0 Å². The van der Waals surface area contributed by atoms with Crippen LogP contribution in [0, 0.1) is 50.7 Å². The Balaban J connectivity index is 1.13. The smallest absolute Gasteiger partial charge is 0.303 e. The number of ketones is 2. The number of carbonyl (C=O) groups excluding carboxylic acids is 6. The third-order valence-corrected chi connectivity index (χ3v) is 18.8. The van der Waals surface area contributed by atoms with Gasteiger partial charge in [-0.05, 0) is 92.3 Å². The molecular formula is C46H71N5O8S. The lowest BCUT2D eigenvalue weighted by molar-refractivity contribution is -0.147. The van der Waals surface area contributed by atoms with Crippen LogP contribution >= 0.6 is 0 Å². The standard InChI is InChI=1S/C46H71N5O8S/c1-8-33-26-44(33,41(57)48-60(58,59)50-21-12-13-22-50)28-37(54)35-27-46(43(6,7)45(46)19-14-20-45)29-51(35)40(56)34(42(3,4)5)25-36(53)38(31-15-10-9-11-16-31)47-39(55)32-17-23-49(24-18-32)30(2)52/h8,31-35,38H,1,9-29H2,2-7H3,(H,47,55)(H,48,57)/t33-,34-,35+,38+,44-,46-/m1/s1. The maximum absolute atomic E-state index is 15.3. The highest BCUT2D eigenvalue weighted by atomic mass is 32.2. The molecule has 2 spiro atoms. The third kappa shape index (κ3) is 7.69. The molecule has 0 radical (unpaired) electrons. The van der Waals surface area contributed by atoms with E-state index in [1.165, 1.54) is 11.2 Å². The topological polar surface area (TPSA) is 170 Å². The van der Waals surface area contributed by atoms with Crippen molar-refractivity contribution in [1.29, 1.82) is 0 Å². The Morgan fingerprint density at radius 1 is 0.850 bits per heavy atom. The van der Waals surface area contributed by atoms with Gasteiger partial charge < -0.3 is 15.1 Å². The Bertz CT molecular complexity index is 1870. The number of amides is 4. The van der Waals surface area contributed by atoms with Crippen LogP contribution in [0.3, 0.4) is 0 Å². The Morgan fingerprint density at radius 3 is 2.00 bits per heavy atom. The fourth-order valence-corrected chi connectivity index (χ4v) is 14.2. The number of nitrogens with one attached hydrogen (secondary N) is 2. The number of hydrogen-bond donors (Lipinski definition) is 2. The summed E-state index contributed by atoms with van der Waals surface area (Å²) in [6.07, 6.45) is 12.4. The van der Waals surface area contributed by atoms with Crippen LogP contribution in [0.4, 0.5) is 0 Å². The molecule has 60 heavy (non-hydrogen) atoms. The molecule has 13 nitrogen and oxygen atoms in total. The summed E-state index contributed by atoms with van der Waals surface area (Å²) in [5, 5.41) is 3.18. The number of piperidine rings is 1. The molecule has 4 saturated carbocycles. The minimum atomic E-state index is -4.07. The highest BCUT2D eigenvalue weighted by molar-refractivity contribution is 7.87. The van der Waals surface area contributed by atoms with E-state index in [-0.39, 0.29) is 76.1 Å². The van der Waals surface area contributed by atoms with Crippen LogP contribution in [0.1, 0.15) is 144 Å². The number of fused-ring (bicyclic) bond motifs is 1. The second-order valence-electron chi connectivity index (χ2n) is 21.5. The van der Waals surface area contributed by atoms with Crippen molar-refractivity contribution in [2.24, 2.45) is 50.7 Å². The van der Waals surface area contributed by atoms with E-state index >= 15 is 4.79 Å². The van der Waals surface area contributed by atoms with Gasteiger partial charge in [0, 0.05) is 69.7 Å². The molecule has 7 aliphatic rings. The number of carbonyl (C=O) groups is 6. The first-order chi connectivity index (χ1) is 28.1. The molecule has 6 atom stereocenters. The van der Waals surface area contributed by atoms with Crippen molar-refractivity contribution in [2.75, 3.05) is 32.7 Å². The van der Waals surface area contributed by atoms with Crippen molar-refractivity contribution in [3.05, 3.63) is 12.7 Å². The minimum Gasteiger partial charge on any atom is -0.346 e. The van der Waals surface area contributed by atoms with E-state index in [1.807, 2.05) is 20.8 Å². The summed E-state index contributed by atoms with van der Waals surface area (Å²) in [6.45, 7) is 17.9. The quantitative estimate of drug-likeness (QED) is 0.221. The van der Waals surface area contributed by atoms with E-state index < -0.39 is 44.9 Å². The lowest BCUT2D eigenvalue weighted by Crippen LogP contribution is -2.53. The Morgan fingerprint density at radius 2 is 1.48 bits per heavy atom. The van der Waals surface area contributed by atoms with Gasteiger partial charge in [0.15, 0.2) is 11.6 Å². The van der Waals surface area contributed by atoms with Gasteiger partial charge in [0.2, 0.25) is 23.6 Å². The van der Waals surface area contributed by atoms with E-state index in [1.54, 1.807) is 15.9 Å². The van der Waals surface area contributed by atoms with Gasteiger partial charge in [0.25, 0.3) is 0 Å². The molecule has 0 unspecified atom stereocenters. The molecule has 7 fully saturated rings. The molecule has 3 saturated heterocycles. The highest BCUT2D eigenvalue weighted by Gasteiger charge is 2.85. The maximum atomic E-state index is 15.3. The van der Waals surface area contributed by atoms with Crippen molar-refractivity contribution >= 4 is 45.4 Å². The average molecular weight is 854 g/mol. The second kappa shape index (κ2) is 16.2. The second-order valence-corrected chi connectivity index (χ2v) is 23.1. The van der Waals surface area contributed by atoms with Crippen LogP contribution in [0.15, 0.2) is 12.7 Å². The van der Waals surface area contributed by atoms with Crippen LogP contribution in [-0.2, 0) is 39.0 Å². The number of allylic oxidation sites excluding steroid dienone is 1. The molecule has 4 amide bonds. The van der Waals surface area contributed by atoms with E-state index in [0.717, 1.165) is 64.2 Å². The van der Waals surface area contributed by atoms with Gasteiger partial charge in [-0.2, -0.15) is 12.7 Å². The predicted molar refractivity (Wildman–Crippen MR) is 227 cm³/mol. The summed E-state index contributed by atoms with van der Waals surface area (Å²) in [6, 6.07) is -1.55. The Kier molecular flexibility index (Phi) is 12.1. The van der Waals surface area contributed by atoms with Crippen molar-refractivity contribution in [3.8, 4) is 0 Å². The van der Waals surface area contributed by atoms with E-state index in [4.69, 9.17) is 0 Å². The molecule has 14 heteroatoms. The zero-order valence-corrected chi connectivity index (χ0v) is 37.9. The Hall–Kier alpha value is -3.13. The van der Waals surface area contributed by atoms with Crippen LogP contribution in [0.2, 0.25) is 0 Å². The Labute approximate surface area is 358 Å². The molecule has 3 aliphatic heterocycles. The summed E-state index contributed by atoms with van der Waals surface area (Å²) in [4.78, 5) is 88.1. The van der Waals surface area contributed by atoms with Crippen molar-refractivity contribution in [2.45, 2.75) is 156 Å². The lowest BCUT2D eigenvalue weighted by Gasteiger charge is -2.37. The number of Topliss-reactive ketones (excluding diaryl/α,β-unsaturated/α-hetero) is 2. The fraction of sp³-hybridized carbons (Fsp3) is 0.826. The maximum Gasteiger partial charge on any atom is 0.303 e. The monoisotopic (exact) mass is 854 g/mol. The molecule has 0 bridgehead atoms. The molecule has 0 aromatic carbocycles. The van der Waals surface area contributed by atoms with Crippen molar-refractivity contribution < 1.29 is 37.2 Å². The SMILES string of the molecule is C=C[C@@H]1C[C@]1(CC(=O)[C@@H]1C[C@@]2(CN1C(=O)[C@@H](CC(=O)[C@@H](NC(=O)C1CCN(C(C)=O)CC1)C1CCCCC1)C(C)(C)C)C(C)(C)C21CCC1)C(=O)NS(=O)(=O)N1CCCC1. The van der Waals surface area contributed by atoms with Gasteiger partial charge in [-0.1, -0.05) is 66.4 Å². The zero-order chi connectivity index (χ0) is 43.6. The molecule has 3 heterocycles. The summed E-state index contributed by atoms with van der Waals surface area (Å²) in [5.74, 6) is -3.03. The van der Waals surface area contributed by atoms with Gasteiger partial charge in [0.1, 0.15) is 0 Å². The fourth-order valence-electron chi connectivity index (χ4n) is 12.9. The van der Waals surface area contributed by atoms with Crippen LogP contribution in [0.25, 0.3) is 0 Å². The minimum absolute atomic E-state index is 0.00940. The van der Waals surface area contributed by atoms with Gasteiger partial charge in [0.05, 0.1) is 17.5 Å². The molecule has 0 aromatic heterocycles. The number of hydrogen-bond acceptors (Lipinski definition) is 8. The summed E-state index contributed by atoms with van der Waals surface area (Å²) in [5.41, 5.74) is -2.32. The number of rotatable bonds is 14. The molecule has 2 N–H and O–H groups in total. The van der Waals surface area contributed by atoms with Gasteiger partial charge in [-0.25, -0.2) is 4.72 Å². The molecular weight excluding hydrogens is 783 g/mol. The van der Waals surface area contributed by atoms with Gasteiger partial charge in [-0.15, -0.1) is 6.58 Å². The summed E-state index contributed by atoms with van der Waals surface area (Å²) >= 11 is 0. The zero-order valence-electron chi connectivity index (χ0n) is 37.1. The van der Waals surface area contributed by atoms with E-state index in [9.17, 15) is 32.4 Å². The van der Waals surface area contributed by atoms with Gasteiger partial charge >= 0.3 is 10.2 Å². The highest BCUT2D eigenvalue weighted by Crippen LogP contribution is 2.88. The first-order valence-corrected chi connectivity index (χ1v) is 24.5. The van der Waals surface area contributed by atoms with Crippen molar-refractivity contribution in [3.63, 3.8) is 0 Å². The average Bonchev–Trinajstić information content (AvgIpc) is 3.63. The first-order valence-electron chi connectivity index (χ1n) is 23.0. The lowest BCUT2D eigenvalue weighted by atomic mass is 9.73. The molecule has 4 aliphatic carbocycles. The van der Waals surface area contributed by atoms with E-state index in [2.05, 4.69) is 30.5 Å². The molecule has 7 rings (SSSR count). The number of nitrogens with zero attached hydrogens (tertiary/aromatic N) is 3. The summed E-state index contributed by atoms with van der Waals surface area (Å²) in [7, 11) is -4.07. The normalized spacial score (nSPS) is 31.3. The van der Waals surface area contributed by atoms with Crippen molar-refractivity contribution in [1.82, 2.24) is 24.1 Å². The largest absolute Gasteiger partial charge is 0.346 e.